The van der Waals surface area contributed by atoms with Gasteiger partial charge in [-0.1, -0.05) is 25.7 Å². The van der Waals surface area contributed by atoms with E-state index in [2.05, 4.69) is 27.3 Å². The lowest BCUT2D eigenvalue weighted by Gasteiger charge is -2.47. The van der Waals surface area contributed by atoms with Crippen LogP contribution >= 0.6 is 0 Å². The molecule has 0 aromatic heterocycles. The first-order chi connectivity index (χ1) is 8.52. The van der Waals surface area contributed by atoms with Crippen LogP contribution in [0.4, 0.5) is 0 Å². The van der Waals surface area contributed by atoms with Crippen molar-refractivity contribution in [3.8, 4) is 0 Å². The Morgan fingerprint density at radius 2 is 1.50 bits per heavy atom. The molecule has 0 heterocycles. The van der Waals surface area contributed by atoms with Crippen LogP contribution in [0.1, 0.15) is 59.3 Å². The summed E-state index contributed by atoms with van der Waals surface area (Å²) < 4.78 is 12.3. The fourth-order valence-electron chi connectivity index (χ4n) is 3.56. The second kappa shape index (κ2) is 7.03. The molecule has 1 atom stereocenters. The minimum atomic E-state index is -2.22. The zero-order valence-corrected chi connectivity index (χ0v) is 13.6. The van der Waals surface area contributed by atoms with Gasteiger partial charge < -0.3 is 14.6 Å². The van der Waals surface area contributed by atoms with E-state index < -0.39 is 8.56 Å². The van der Waals surface area contributed by atoms with Gasteiger partial charge in [-0.2, -0.15) is 0 Å². The first kappa shape index (κ1) is 16.2. The molecule has 0 amide bonds. The molecule has 18 heavy (non-hydrogen) atoms. The summed E-state index contributed by atoms with van der Waals surface area (Å²) in [4.78, 5) is 0. The normalized spacial score (nSPS) is 22.5. The maximum Gasteiger partial charge on any atom is 0.342 e. The third-order valence-corrected chi connectivity index (χ3v) is 9.05. The van der Waals surface area contributed by atoms with Crippen LogP contribution in [0.25, 0.3) is 0 Å². The predicted molar refractivity (Wildman–Crippen MR) is 78.9 cm³/mol. The zero-order chi connectivity index (χ0) is 13.6. The van der Waals surface area contributed by atoms with Gasteiger partial charge in [-0.25, -0.2) is 0 Å². The lowest BCUT2D eigenvalue weighted by molar-refractivity contribution is 0.142. The van der Waals surface area contributed by atoms with Crippen molar-refractivity contribution < 1.29 is 8.85 Å². The van der Waals surface area contributed by atoms with E-state index >= 15 is 0 Å². The van der Waals surface area contributed by atoms with Gasteiger partial charge in [0.1, 0.15) is 0 Å². The van der Waals surface area contributed by atoms with E-state index in [1.165, 1.54) is 38.5 Å². The fraction of sp³-hybridized carbons (Fsp3) is 1.00. The summed E-state index contributed by atoms with van der Waals surface area (Å²) in [6, 6.07) is 0.158. The van der Waals surface area contributed by atoms with Crippen molar-refractivity contribution in [3.63, 3.8) is 0 Å². The molecule has 3 nitrogen and oxygen atoms in total. The smallest absolute Gasteiger partial charge is 0.342 e. The molecule has 0 aromatic carbocycles. The van der Waals surface area contributed by atoms with Gasteiger partial charge in [-0.15, -0.1) is 0 Å². The SMILES string of the molecule is CCO[Si](C)(OCC)C1(C(C)N)CCCCCC1. The van der Waals surface area contributed by atoms with E-state index in [0.717, 1.165) is 13.2 Å². The number of hydrogen-bond acceptors (Lipinski definition) is 3. The van der Waals surface area contributed by atoms with E-state index in [4.69, 9.17) is 14.6 Å². The highest BCUT2D eigenvalue weighted by molar-refractivity contribution is 6.69. The lowest BCUT2D eigenvalue weighted by Crippen LogP contribution is -2.57. The molecule has 0 aromatic rings. The monoisotopic (exact) mass is 273 g/mol. The first-order valence-corrected chi connectivity index (χ1v) is 9.87. The van der Waals surface area contributed by atoms with Crippen molar-refractivity contribution in [3.05, 3.63) is 0 Å². The van der Waals surface area contributed by atoms with Crippen LogP contribution in [0.15, 0.2) is 0 Å². The molecule has 1 aliphatic rings. The van der Waals surface area contributed by atoms with Gasteiger partial charge in [-0.05, 0) is 40.2 Å². The van der Waals surface area contributed by atoms with Crippen molar-refractivity contribution >= 4 is 8.56 Å². The van der Waals surface area contributed by atoms with Crippen LogP contribution in [0.5, 0.6) is 0 Å². The molecule has 0 saturated heterocycles. The molecule has 0 bridgehead atoms. The summed E-state index contributed by atoms with van der Waals surface area (Å²) in [6.07, 6.45) is 7.55. The summed E-state index contributed by atoms with van der Waals surface area (Å²) in [5, 5.41) is 0.0928. The summed E-state index contributed by atoms with van der Waals surface area (Å²) in [5.41, 5.74) is 6.39. The molecule has 1 fully saturated rings. The summed E-state index contributed by atoms with van der Waals surface area (Å²) in [6.45, 7) is 9.98. The highest BCUT2D eigenvalue weighted by atomic mass is 28.4. The second-order valence-corrected chi connectivity index (χ2v) is 9.14. The number of nitrogens with two attached hydrogens (primary N) is 1. The maximum absolute atomic E-state index is 6.39. The molecule has 2 N–H and O–H groups in total. The average molecular weight is 273 g/mol. The van der Waals surface area contributed by atoms with E-state index in [-0.39, 0.29) is 11.1 Å². The summed E-state index contributed by atoms with van der Waals surface area (Å²) >= 11 is 0. The van der Waals surface area contributed by atoms with Gasteiger partial charge in [0, 0.05) is 24.3 Å². The van der Waals surface area contributed by atoms with Crippen molar-refractivity contribution in [2.75, 3.05) is 13.2 Å². The van der Waals surface area contributed by atoms with Gasteiger partial charge in [0.25, 0.3) is 0 Å². The third kappa shape index (κ3) is 3.16. The van der Waals surface area contributed by atoms with E-state index in [1.807, 2.05) is 0 Å². The molecule has 1 saturated carbocycles. The molecule has 1 aliphatic carbocycles. The topological polar surface area (TPSA) is 44.5 Å². The third-order valence-electron chi connectivity index (χ3n) is 4.61. The second-order valence-electron chi connectivity index (χ2n) is 5.67. The minimum Gasteiger partial charge on any atom is -0.394 e. The molecule has 0 aliphatic heterocycles. The van der Waals surface area contributed by atoms with Crippen molar-refractivity contribution in [2.24, 2.45) is 5.73 Å². The Kier molecular flexibility index (Phi) is 6.31. The average Bonchev–Trinajstić information content (AvgIpc) is 2.56. The van der Waals surface area contributed by atoms with Gasteiger partial charge in [0.05, 0.1) is 0 Å². The first-order valence-electron chi connectivity index (χ1n) is 7.56. The van der Waals surface area contributed by atoms with Crippen LogP contribution < -0.4 is 5.73 Å². The molecule has 0 spiro atoms. The van der Waals surface area contributed by atoms with Gasteiger partial charge in [0.15, 0.2) is 0 Å². The Bertz CT molecular complexity index is 232. The predicted octanol–water partition coefficient (Wildman–Crippen LogP) is 3.57. The van der Waals surface area contributed by atoms with E-state index in [9.17, 15) is 0 Å². The molecular formula is C14H31NO2Si. The lowest BCUT2D eigenvalue weighted by atomic mass is 9.92. The van der Waals surface area contributed by atoms with Gasteiger partial charge in [-0.3, -0.25) is 0 Å². The molecule has 4 heteroatoms. The standard InChI is InChI=1S/C14H31NO2Si/c1-5-16-18(4,17-6-2)14(13(3)15)11-9-7-8-10-12-14/h13H,5-12,15H2,1-4H3. The van der Waals surface area contributed by atoms with Gasteiger partial charge >= 0.3 is 8.56 Å². The van der Waals surface area contributed by atoms with Crippen LogP contribution in [0.2, 0.25) is 11.6 Å². The minimum absolute atomic E-state index is 0.0928. The summed E-state index contributed by atoms with van der Waals surface area (Å²) in [7, 11) is -2.22. The Balaban J connectivity index is 3.04. The number of rotatable bonds is 6. The molecule has 1 unspecified atom stereocenters. The summed E-state index contributed by atoms with van der Waals surface area (Å²) in [5.74, 6) is 0. The van der Waals surface area contributed by atoms with Crippen molar-refractivity contribution in [2.45, 2.75) is 76.9 Å². The molecule has 0 radical (unpaired) electrons. The maximum atomic E-state index is 6.39. The van der Waals surface area contributed by atoms with Crippen LogP contribution in [0.3, 0.4) is 0 Å². The molecule has 108 valence electrons. The van der Waals surface area contributed by atoms with E-state index in [0.29, 0.717) is 0 Å². The van der Waals surface area contributed by atoms with Crippen LogP contribution in [-0.2, 0) is 8.85 Å². The van der Waals surface area contributed by atoms with Crippen molar-refractivity contribution in [1.82, 2.24) is 0 Å². The quantitative estimate of drug-likeness (QED) is 0.594. The largest absolute Gasteiger partial charge is 0.394 e. The van der Waals surface area contributed by atoms with Crippen molar-refractivity contribution in [1.29, 1.82) is 0 Å². The molecular weight excluding hydrogens is 242 g/mol. The Morgan fingerprint density at radius 1 is 1.06 bits per heavy atom. The highest BCUT2D eigenvalue weighted by Gasteiger charge is 2.55. The van der Waals surface area contributed by atoms with Gasteiger partial charge in [0.2, 0.25) is 0 Å². The Labute approximate surface area is 114 Å². The zero-order valence-electron chi connectivity index (χ0n) is 12.6. The van der Waals surface area contributed by atoms with Crippen LogP contribution in [-0.4, -0.2) is 27.8 Å². The van der Waals surface area contributed by atoms with E-state index in [1.54, 1.807) is 0 Å². The Morgan fingerprint density at radius 3 is 1.83 bits per heavy atom. The highest BCUT2D eigenvalue weighted by Crippen LogP contribution is 2.52. The fourth-order valence-corrected chi connectivity index (χ4v) is 7.41. The number of hydrogen-bond donors (Lipinski definition) is 1. The Hall–Kier alpha value is 0.0969. The molecule has 1 rings (SSSR count). The van der Waals surface area contributed by atoms with Crippen LogP contribution in [0, 0.1) is 0 Å².